The Morgan fingerprint density at radius 3 is 2.12 bits per heavy atom. The summed E-state index contributed by atoms with van der Waals surface area (Å²) in [6.45, 7) is 5.67. The third-order valence-electron chi connectivity index (χ3n) is 4.11. The van der Waals surface area contributed by atoms with Gasteiger partial charge in [-0.05, 0) is 30.2 Å². The average Bonchev–Trinajstić information content (AvgIpc) is 2.64. The number of hydrogen-bond donors (Lipinski definition) is 0. The predicted molar refractivity (Wildman–Crippen MR) is 97.5 cm³/mol. The van der Waals surface area contributed by atoms with E-state index in [1.54, 1.807) is 17.3 Å². The first-order valence-corrected chi connectivity index (χ1v) is 8.56. The number of benzene rings is 1. The quantitative estimate of drug-likeness (QED) is 0.743. The highest BCUT2D eigenvalue weighted by Crippen LogP contribution is 2.08. The maximum absolute atomic E-state index is 12.5. The summed E-state index contributed by atoms with van der Waals surface area (Å²) in [4.78, 5) is 31.9. The predicted octanol–water partition coefficient (Wildman–Crippen LogP) is 2.87. The molecule has 2 rings (SSSR count). The Morgan fingerprint density at radius 2 is 1.52 bits per heavy atom. The molecular weight excluding hydrogens is 314 g/mol. The van der Waals surface area contributed by atoms with Gasteiger partial charge in [-0.25, -0.2) is 0 Å². The van der Waals surface area contributed by atoms with Gasteiger partial charge >= 0.3 is 0 Å². The van der Waals surface area contributed by atoms with Crippen LogP contribution in [0.4, 0.5) is 0 Å². The molecule has 0 radical (unpaired) electrons. The molecule has 0 spiro atoms. The third-order valence-corrected chi connectivity index (χ3v) is 4.11. The van der Waals surface area contributed by atoms with Gasteiger partial charge in [0.05, 0.1) is 0 Å². The van der Waals surface area contributed by atoms with Gasteiger partial charge in [-0.3, -0.25) is 14.6 Å². The fourth-order valence-corrected chi connectivity index (χ4v) is 2.63. The smallest absolute Gasteiger partial charge is 0.224 e. The van der Waals surface area contributed by atoms with Crippen molar-refractivity contribution in [2.75, 3.05) is 13.1 Å². The maximum Gasteiger partial charge on any atom is 0.224 e. The van der Waals surface area contributed by atoms with Crippen molar-refractivity contribution < 1.29 is 9.59 Å². The number of carbonyl (C=O) groups is 2. The molecule has 0 aliphatic rings. The summed E-state index contributed by atoms with van der Waals surface area (Å²) in [5.74, 6) is 0.0306. The molecule has 0 N–H and O–H groups in total. The number of amides is 2. The second-order valence-corrected chi connectivity index (χ2v) is 5.94. The number of aromatic nitrogens is 1. The lowest BCUT2D eigenvalue weighted by atomic mass is 10.2. The normalized spacial score (nSPS) is 10.3. The molecule has 5 heteroatoms. The standard InChI is InChI=1S/C20H25N3O2/c1-3-22(15-18-7-5-4-6-8-18)20(25)11-14-23(17(2)24)16-19-9-12-21-13-10-19/h4-10,12-13H,3,11,14-16H2,1-2H3. The van der Waals surface area contributed by atoms with E-state index in [-0.39, 0.29) is 11.8 Å². The Hall–Kier alpha value is -2.69. The van der Waals surface area contributed by atoms with Gasteiger partial charge in [-0.1, -0.05) is 30.3 Å². The Morgan fingerprint density at radius 1 is 0.920 bits per heavy atom. The second-order valence-electron chi connectivity index (χ2n) is 5.94. The van der Waals surface area contributed by atoms with Gasteiger partial charge in [0.15, 0.2) is 0 Å². The van der Waals surface area contributed by atoms with E-state index in [2.05, 4.69) is 4.98 Å². The van der Waals surface area contributed by atoms with Gasteiger partial charge in [0.1, 0.15) is 0 Å². The Balaban J connectivity index is 1.91. The van der Waals surface area contributed by atoms with E-state index < -0.39 is 0 Å². The fraction of sp³-hybridized carbons (Fsp3) is 0.350. The van der Waals surface area contributed by atoms with Crippen LogP contribution in [0, 0.1) is 0 Å². The molecule has 0 fully saturated rings. The molecule has 2 amide bonds. The van der Waals surface area contributed by atoms with Crippen LogP contribution in [-0.4, -0.2) is 39.7 Å². The molecule has 1 aromatic carbocycles. The van der Waals surface area contributed by atoms with Crippen molar-refractivity contribution in [3.05, 3.63) is 66.0 Å². The van der Waals surface area contributed by atoms with Gasteiger partial charge in [0.2, 0.25) is 11.8 Å². The summed E-state index contributed by atoms with van der Waals surface area (Å²) in [5.41, 5.74) is 2.12. The molecule has 0 saturated heterocycles. The van der Waals surface area contributed by atoms with Crippen LogP contribution in [0.2, 0.25) is 0 Å². The molecule has 132 valence electrons. The Kier molecular flexibility index (Phi) is 7.14. The molecule has 0 bridgehead atoms. The molecule has 5 nitrogen and oxygen atoms in total. The molecule has 0 unspecified atom stereocenters. The van der Waals surface area contributed by atoms with Crippen LogP contribution >= 0.6 is 0 Å². The molecule has 25 heavy (non-hydrogen) atoms. The highest BCUT2D eigenvalue weighted by Gasteiger charge is 2.16. The molecule has 1 aromatic heterocycles. The van der Waals surface area contributed by atoms with E-state index in [0.717, 1.165) is 11.1 Å². The first-order chi connectivity index (χ1) is 12.1. The van der Waals surface area contributed by atoms with Crippen LogP contribution in [0.25, 0.3) is 0 Å². The van der Waals surface area contributed by atoms with E-state index in [1.165, 1.54) is 6.92 Å². The minimum Gasteiger partial charge on any atom is -0.339 e. The zero-order chi connectivity index (χ0) is 18.1. The van der Waals surface area contributed by atoms with Crippen LogP contribution in [-0.2, 0) is 22.7 Å². The topological polar surface area (TPSA) is 53.5 Å². The van der Waals surface area contributed by atoms with Gasteiger partial charge in [0.25, 0.3) is 0 Å². The first kappa shape index (κ1) is 18.6. The van der Waals surface area contributed by atoms with Gasteiger partial charge in [-0.15, -0.1) is 0 Å². The molecule has 0 atom stereocenters. The van der Waals surface area contributed by atoms with Gasteiger partial charge in [0, 0.05) is 51.9 Å². The lowest BCUT2D eigenvalue weighted by Crippen LogP contribution is -2.35. The lowest BCUT2D eigenvalue weighted by molar-refractivity contribution is -0.134. The van der Waals surface area contributed by atoms with Crippen LogP contribution in [0.5, 0.6) is 0 Å². The van der Waals surface area contributed by atoms with E-state index in [0.29, 0.717) is 32.6 Å². The average molecular weight is 339 g/mol. The van der Waals surface area contributed by atoms with E-state index in [9.17, 15) is 9.59 Å². The number of pyridine rings is 1. The summed E-state index contributed by atoms with van der Waals surface area (Å²) in [6.07, 6.45) is 3.74. The number of hydrogen-bond acceptors (Lipinski definition) is 3. The van der Waals surface area contributed by atoms with E-state index in [1.807, 2.05) is 54.3 Å². The van der Waals surface area contributed by atoms with Crippen molar-refractivity contribution >= 4 is 11.8 Å². The van der Waals surface area contributed by atoms with E-state index >= 15 is 0 Å². The van der Waals surface area contributed by atoms with Crippen LogP contribution in [0.1, 0.15) is 31.4 Å². The third kappa shape index (κ3) is 6.03. The van der Waals surface area contributed by atoms with Crippen LogP contribution in [0.15, 0.2) is 54.9 Å². The summed E-state index contributed by atoms with van der Waals surface area (Å²) >= 11 is 0. The molecular formula is C20H25N3O2. The van der Waals surface area contributed by atoms with Gasteiger partial charge in [-0.2, -0.15) is 0 Å². The highest BCUT2D eigenvalue weighted by atomic mass is 16.2. The van der Waals surface area contributed by atoms with Crippen molar-refractivity contribution in [3.63, 3.8) is 0 Å². The fourth-order valence-electron chi connectivity index (χ4n) is 2.63. The minimum atomic E-state index is -0.0317. The van der Waals surface area contributed by atoms with Crippen LogP contribution in [0.3, 0.4) is 0 Å². The molecule has 0 aliphatic carbocycles. The van der Waals surface area contributed by atoms with E-state index in [4.69, 9.17) is 0 Å². The zero-order valence-corrected chi connectivity index (χ0v) is 14.9. The SMILES string of the molecule is CCN(Cc1ccccc1)C(=O)CCN(Cc1ccncc1)C(C)=O. The van der Waals surface area contributed by atoms with Crippen molar-refractivity contribution in [2.24, 2.45) is 0 Å². The summed E-state index contributed by atoms with van der Waals surface area (Å²) in [7, 11) is 0. The Labute approximate surface area is 149 Å². The zero-order valence-electron chi connectivity index (χ0n) is 14.9. The minimum absolute atomic E-state index is 0.0317. The largest absolute Gasteiger partial charge is 0.339 e. The lowest BCUT2D eigenvalue weighted by Gasteiger charge is -2.25. The number of rotatable bonds is 8. The maximum atomic E-state index is 12.5. The molecule has 0 saturated carbocycles. The molecule has 2 aromatic rings. The van der Waals surface area contributed by atoms with Crippen molar-refractivity contribution in [1.29, 1.82) is 0 Å². The Bertz CT molecular complexity index is 674. The van der Waals surface area contributed by atoms with Crippen molar-refractivity contribution in [3.8, 4) is 0 Å². The number of nitrogens with zero attached hydrogens (tertiary/aromatic N) is 3. The summed E-state index contributed by atoms with van der Waals surface area (Å²) < 4.78 is 0. The molecule has 0 aliphatic heterocycles. The monoisotopic (exact) mass is 339 g/mol. The first-order valence-electron chi connectivity index (χ1n) is 8.56. The van der Waals surface area contributed by atoms with Crippen LogP contribution < -0.4 is 0 Å². The summed E-state index contributed by atoms with van der Waals surface area (Å²) in [6, 6.07) is 13.7. The van der Waals surface area contributed by atoms with Crippen molar-refractivity contribution in [1.82, 2.24) is 14.8 Å². The highest BCUT2D eigenvalue weighted by molar-refractivity contribution is 5.78. The van der Waals surface area contributed by atoms with Gasteiger partial charge < -0.3 is 9.80 Å². The summed E-state index contributed by atoms with van der Waals surface area (Å²) in [5, 5.41) is 0. The second kappa shape index (κ2) is 9.57. The number of carbonyl (C=O) groups excluding carboxylic acids is 2. The van der Waals surface area contributed by atoms with Crippen molar-refractivity contribution in [2.45, 2.75) is 33.4 Å². The molecule has 1 heterocycles.